The highest BCUT2D eigenvalue weighted by molar-refractivity contribution is 6.10. The summed E-state index contributed by atoms with van der Waals surface area (Å²) in [5, 5.41) is 2.81. The predicted octanol–water partition coefficient (Wildman–Crippen LogP) is 4.19. The highest BCUT2D eigenvalue weighted by Gasteiger charge is 2.15. The molecule has 1 N–H and O–H groups in total. The first kappa shape index (κ1) is 18.2. The normalized spacial score (nSPS) is 10.1. The average Bonchev–Trinajstić information content (AvgIpc) is 2.73. The Balaban J connectivity index is 1.82. The first-order valence-electron chi connectivity index (χ1n) is 8.35. The van der Waals surface area contributed by atoms with Crippen LogP contribution in [-0.4, -0.2) is 25.9 Å². The van der Waals surface area contributed by atoms with E-state index in [1.165, 1.54) is 7.11 Å². The minimum Gasteiger partial charge on any atom is -0.497 e. The lowest BCUT2D eigenvalue weighted by Crippen LogP contribution is -2.13. The molecule has 0 saturated carbocycles. The number of nitrogens with one attached hydrogen (secondary N) is 1. The number of methoxy groups -OCH3 is 2. The van der Waals surface area contributed by atoms with Crippen molar-refractivity contribution in [2.24, 2.45) is 0 Å². The molecule has 0 radical (unpaired) electrons. The molecule has 3 aromatic rings. The van der Waals surface area contributed by atoms with E-state index in [9.17, 15) is 9.59 Å². The van der Waals surface area contributed by atoms with Gasteiger partial charge in [0.25, 0.3) is 5.91 Å². The molecule has 0 spiro atoms. The Bertz CT molecular complexity index is 967. The Morgan fingerprint density at radius 2 is 1.52 bits per heavy atom. The summed E-state index contributed by atoms with van der Waals surface area (Å²) in [4.78, 5) is 25.2. The summed E-state index contributed by atoms with van der Waals surface area (Å²) in [5.41, 5.74) is 2.00. The lowest BCUT2D eigenvalue weighted by molar-refractivity contribution is 0.101. The van der Waals surface area contributed by atoms with Crippen LogP contribution in [0.4, 0.5) is 5.69 Å². The van der Waals surface area contributed by atoms with Gasteiger partial charge < -0.3 is 14.8 Å². The number of amides is 1. The SMILES string of the molecule is COc1ccc(C(=O)Nc2cccc(C(=O)c3ccccc3)c2)c(OC)c1. The van der Waals surface area contributed by atoms with E-state index in [4.69, 9.17) is 9.47 Å². The molecule has 0 unspecified atom stereocenters. The maximum Gasteiger partial charge on any atom is 0.259 e. The Labute approximate surface area is 157 Å². The second-order valence-corrected chi connectivity index (χ2v) is 5.80. The van der Waals surface area contributed by atoms with Gasteiger partial charge in [0.15, 0.2) is 5.78 Å². The molecule has 3 aromatic carbocycles. The topological polar surface area (TPSA) is 64.6 Å². The molecule has 0 bridgehead atoms. The highest BCUT2D eigenvalue weighted by atomic mass is 16.5. The van der Waals surface area contributed by atoms with Crippen molar-refractivity contribution in [2.75, 3.05) is 19.5 Å². The lowest BCUT2D eigenvalue weighted by Gasteiger charge is -2.11. The van der Waals surface area contributed by atoms with Crippen LogP contribution in [0, 0.1) is 0 Å². The molecule has 0 aromatic heterocycles. The molecule has 27 heavy (non-hydrogen) atoms. The molecule has 1 amide bonds. The van der Waals surface area contributed by atoms with Gasteiger partial charge >= 0.3 is 0 Å². The summed E-state index contributed by atoms with van der Waals surface area (Å²) in [6.07, 6.45) is 0. The van der Waals surface area contributed by atoms with Crippen LogP contribution in [0.2, 0.25) is 0 Å². The van der Waals surface area contributed by atoms with E-state index in [0.717, 1.165) is 0 Å². The zero-order valence-electron chi connectivity index (χ0n) is 15.1. The van der Waals surface area contributed by atoms with Crippen molar-refractivity contribution >= 4 is 17.4 Å². The molecule has 136 valence electrons. The number of ketones is 1. The summed E-state index contributed by atoms with van der Waals surface area (Å²) in [5.74, 6) is 0.565. The van der Waals surface area contributed by atoms with Gasteiger partial charge in [0.1, 0.15) is 11.5 Å². The van der Waals surface area contributed by atoms with Gasteiger partial charge in [-0.15, -0.1) is 0 Å². The third-order valence-electron chi connectivity index (χ3n) is 4.07. The second-order valence-electron chi connectivity index (χ2n) is 5.80. The van der Waals surface area contributed by atoms with Crippen molar-refractivity contribution in [1.29, 1.82) is 0 Å². The number of anilines is 1. The summed E-state index contributed by atoms with van der Waals surface area (Å²) < 4.78 is 10.4. The third kappa shape index (κ3) is 4.15. The molecule has 5 nitrogen and oxygen atoms in total. The summed E-state index contributed by atoms with van der Waals surface area (Å²) in [6.45, 7) is 0. The molecule has 0 fully saturated rings. The van der Waals surface area contributed by atoms with Crippen molar-refractivity contribution in [3.8, 4) is 11.5 Å². The molecule has 0 aliphatic heterocycles. The minimum absolute atomic E-state index is 0.103. The van der Waals surface area contributed by atoms with Gasteiger partial charge in [0, 0.05) is 22.9 Å². The molecule has 0 aliphatic rings. The Morgan fingerprint density at radius 1 is 0.778 bits per heavy atom. The van der Waals surface area contributed by atoms with Crippen molar-refractivity contribution in [3.05, 3.63) is 89.5 Å². The third-order valence-corrected chi connectivity index (χ3v) is 4.07. The van der Waals surface area contributed by atoms with E-state index < -0.39 is 0 Å². The Morgan fingerprint density at radius 3 is 2.22 bits per heavy atom. The van der Waals surface area contributed by atoms with Crippen molar-refractivity contribution in [1.82, 2.24) is 0 Å². The predicted molar refractivity (Wildman–Crippen MR) is 104 cm³/mol. The summed E-state index contributed by atoms with van der Waals surface area (Å²) in [7, 11) is 3.04. The smallest absolute Gasteiger partial charge is 0.259 e. The highest BCUT2D eigenvalue weighted by Crippen LogP contribution is 2.25. The van der Waals surface area contributed by atoms with Crippen molar-refractivity contribution in [3.63, 3.8) is 0 Å². The number of carbonyl (C=O) groups excluding carboxylic acids is 2. The molecule has 0 atom stereocenters. The van der Waals surface area contributed by atoms with Crippen LogP contribution in [-0.2, 0) is 0 Å². The van der Waals surface area contributed by atoms with Crippen molar-refractivity contribution in [2.45, 2.75) is 0 Å². The molecular weight excluding hydrogens is 342 g/mol. The van der Waals surface area contributed by atoms with E-state index in [-0.39, 0.29) is 11.7 Å². The maximum absolute atomic E-state index is 12.6. The van der Waals surface area contributed by atoms with Crippen LogP contribution < -0.4 is 14.8 Å². The van der Waals surface area contributed by atoms with Gasteiger partial charge in [-0.2, -0.15) is 0 Å². The summed E-state index contributed by atoms with van der Waals surface area (Å²) in [6, 6.07) is 20.8. The fourth-order valence-electron chi connectivity index (χ4n) is 2.68. The van der Waals surface area contributed by atoms with Gasteiger partial charge in [-0.1, -0.05) is 42.5 Å². The molecular formula is C22H19NO4. The first-order chi connectivity index (χ1) is 13.1. The van der Waals surface area contributed by atoms with E-state index >= 15 is 0 Å². The van der Waals surface area contributed by atoms with Crippen LogP contribution in [0.25, 0.3) is 0 Å². The van der Waals surface area contributed by atoms with Gasteiger partial charge in [-0.3, -0.25) is 9.59 Å². The minimum atomic E-state index is -0.334. The number of ether oxygens (including phenoxy) is 2. The van der Waals surface area contributed by atoms with E-state index in [2.05, 4.69) is 5.32 Å². The van der Waals surface area contributed by atoms with Gasteiger partial charge in [-0.25, -0.2) is 0 Å². The number of carbonyl (C=O) groups is 2. The molecule has 0 heterocycles. The lowest BCUT2D eigenvalue weighted by atomic mass is 10.0. The summed E-state index contributed by atoms with van der Waals surface area (Å²) >= 11 is 0. The first-order valence-corrected chi connectivity index (χ1v) is 8.35. The molecule has 3 rings (SSSR count). The molecule has 0 saturated heterocycles. The van der Waals surface area contributed by atoms with Crippen LogP contribution in [0.5, 0.6) is 11.5 Å². The van der Waals surface area contributed by atoms with E-state index in [1.54, 1.807) is 61.7 Å². The van der Waals surface area contributed by atoms with Gasteiger partial charge in [0.05, 0.1) is 19.8 Å². The largest absolute Gasteiger partial charge is 0.497 e. The quantitative estimate of drug-likeness (QED) is 0.669. The van der Waals surface area contributed by atoms with Crippen LogP contribution in [0.15, 0.2) is 72.8 Å². The van der Waals surface area contributed by atoms with Gasteiger partial charge in [-0.05, 0) is 24.3 Å². The average molecular weight is 361 g/mol. The van der Waals surface area contributed by atoms with Crippen LogP contribution in [0.3, 0.4) is 0 Å². The van der Waals surface area contributed by atoms with Gasteiger partial charge in [0.2, 0.25) is 0 Å². The van der Waals surface area contributed by atoms with Crippen LogP contribution >= 0.6 is 0 Å². The van der Waals surface area contributed by atoms with Crippen molar-refractivity contribution < 1.29 is 19.1 Å². The van der Waals surface area contributed by atoms with E-state index in [1.807, 2.05) is 18.2 Å². The molecule has 0 aliphatic carbocycles. The number of hydrogen-bond donors (Lipinski definition) is 1. The zero-order chi connectivity index (χ0) is 19.2. The fraction of sp³-hybridized carbons (Fsp3) is 0.0909. The maximum atomic E-state index is 12.6. The molecule has 5 heteroatoms. The monoisotopic (exact) mass is 361 g/mol. The Kier molecular flexibility index (Phi) is 5.52. The standard InChI is InChI=1S/C22H19NO4/c1-26-18-11-12-19(20(14-18)27-2)22(25)23-17-10-6-9-16(13-17)21(24)15-7-4-3-5-8-15/h3-14H,1-2H3,(H,23,25). The number of hydrogen-bond acceptors (Lipinski definition) is 4. The Hall–Kier alpha value is -3.60. The number of rotatable bonds is 6. The van der Waals surface area contributed by atoms with E-state index in [0.29, 0.717) is 33.9 Å². The number of benzene rings is 3. The fourth-order valence-corrected chi connectivity index (χ4v) is 2.68. The van der Waals surface area contributed by atoms with Crippen LogP contribution in [0.1, 0.15) is 26.3 Å². The zero-order valence-corrected chi connectivity index (χ0v) is 15.1. The second kappa shape index (κ2) is 8.19.